The first-order chi connectivity index (χ1) is 16.0. The predicted molar refractivity (Wildman–Crippen MR) is 105 cm³/mol. The molecule has 180 valence electrons. The van der Waals surface area contributed by atoms with Crippen molar-refractivity contribution in [3.63, 3.8) is 0 Å². The number of nitrogens with zero attached hydrogens (tertiary/aromatic N) is 5. The summed E-state index contributed by atoms with van der Waals surface area (Å²) < 4.78 is 81.0. The molecule has 2 aliphatic rings. The Bertz CT molecular complexity index is 1240. The quantitative estimate of drug-likeness (QED) is 0.548. The molecule has 1 N–H and O–H groups in total. The van der Waals surface area contributed by atoms with Crippen molar-refractivity contribution >= 4 is 5.91 Å². The van der Waals surface area contributed by atoms with Crippen LogP contribution in [0.3, 0.4) is 0 Å². The van der Waals surface area contributed by atoms with E-state index in [0.29, 0.717) is 43.4 Å². The van der Waals surface area contributed by atoms with Crippen molar-refractivity contribution in [2.45, 2.75) is 56.5 Å². The second-order valence-corrected chi connectivity index (χ2v) is 8.38. The number of halogens is 6. The summed E-state index contributed by atoms with van der Waals surface area (Å²) in [5.41, 5.74) is -0.981. The molecule has 13 heteroatoms. The number of hydrogen-bond acceptors (Lipinski definition) is 4. The van der Waals surface area contributed by atoms with Crippen LogP contribution in [0.5, 0.6) is 0 Å². The summed E-state index contributed by atoms with van der Waals surface area (Å²) >= 11 is 0. The van der Waals surface area contributed by atoms with Gasteiger partial charge in [-0.15, -0.1) is 0 Å². The molecule has 2 aliphatic carbocycles. The zero-order valence-corrected chi connectivity index (χ0v) is 17.5. The Morgan fingerprint density at radius 1 is 1.00 bits per heavy atom. The average Bonchev–Trinajstić information content (AvgIpc) is 3.33. The van der Waals surface area contributed by atoms with Crippen LogP contribution in [0.4, 0.5) is 26.3 Å². The summed E-state index contributed by atoms with van der Waals surface area (Å²) in [6, 6.07) is 2.21. The molecule has 0 spiro atoms. The molecule has 34 heavy (non-hydrogen) atoms. The summed E-state index contributed by atoms with van der Waals surface area (Å²) in [5.74, 6) is -0.691. The van der Waals surface area contributed by atoms with Gasteiger partial charge in [0.05, 0.1) is 23.5 Å². The molecule has 5 rings (SSSR count). The number of nitrogens with one attached hydrogen (secondary N) is 1. The van der Waals surface area contributed by atoms with Crippen molar-refractivity contribution in [3.05, 3.63) is 58.9 Å². The van der Waals surface area contributed by atoms with E-state index in [1.165, 1.54) is 16.9 Å². The predicted octanol–water partition coefficient (Wildman–Crippen LogP) is 4.64. The van der Waals surface area contributed by atoms with Crippen LogP contribution in [-0.2, 0) is 18.8 Å². The van der Waals surface area contributed by atoms with E-state index in [2.05, 4.69) is 20.5 Å². The van der Waals surface area contributed by atoms with Crippen LogP contribution >= 0.6 is 0 Å². The first-order valence-electron chi connectivity index (χ1n) is 10.6. The van der Waals surface area contributed by atoms with Crippen LogP contribution in [0.15, 0.2) is 30.6 Å². The highest BCUT2D eigenvalue weighted by Gasteiger charge is 2.39. The largest absolute Gasteiger partial charge is 0.435 e. The summed E-state index contributed by atoms with van der Waals surface area (Å²) in [4.78, 5) is 16.3. The van der Waals surface area contributed by atoms with E-state index in [9.17, 15) is 31.1 Å². The fourth-order valence-corrected chi connectivity index (χ4v) is 4.07. The number of amides is 1. The molecule has 7 nitrogen and oxygen atoms in total. The standard InChI is InChI=1S/C21H18F6N6O/c22-20(23,24)17-8-12(6-7-28-17)32-10-13-14(2-1-3-15(13)30-32)29-19(34)16-9-18(21(25,26)27)31-33(16)11-4-5-11/h6-11,14H,1-5H2,(H,29,34). The van der Waals surface area contributed by atoms with E-state index in [1.54, 1.807) is 0 Å². The van der Waals surface area contributed by atoms with Crippen molar-refractivity contribution in [3.8, 4) is 5.69 Å². The minimum absolute atomic E-state index is 0.156. The molecule has 0 aromatic carbocycles. The highest BCUT2D eigenvalue weighted by Crippen LogP contribution is 2.38. The second kappa shape index (κ2) is 7.84. The summed E-state index contributed by atoms with van der Waals surface area (Å²) in [6.45, 7) is 0. The van der Waals surface area contributed by atoms with Gasteiger partial charge in [0, 0.05) is 24.0 Å². The summed E-state index contributed by atoms with van der Waals surface area (Å²) in [7, 11) is 0. The molecule has 3 aromatic rings. The van der Waals surface area contributed by atoms with E-state index in [4.69, 9.17) is 0 Å². The topological polar surface area (TPSA) is 77.6 Å². The maximum Gasteiger partial charge on any atom is 0.435 e. The lowest BCUT2D eigenvalue weighted by Gasteiger charge is -2.22. The SMILES string of the molecule is O=C(NC1CCCc2nn(-c3ccnc(C(F)(F)F)c3)cc21)c1cc(C(F)(F)F)nn1C1CC1. The lowest BCUT2D eigenvalue weighted by molar-refractivity contribution is -0.142. The fourth-order valence-electron chi connectivity index (χ4n) is 4.07. The highest BCUT2D eigenvalue weighted by molar-refractivity contribution is 5.93. The smallest absolute Gasteiger partial charge is 0.344 e. The fraction of sp³-hybridized carbons (Fsp3) is 0.429. The Labute approximate surface area is 188 Å². The van der Waals surface area contributed by atoms with Gasteiger partial charge in [-0.25, -0.2) is 4.68 Å². The first-order valence-corrected chi connectivity index (χ1v) is 10.6. The Hall–Kier alpha value is -3.38. The number of alkyl halides is 6. The van der Waals surface area contributed by atoms with Crippen LogP contribution in [0.2, 0.25) is 0 Å². The molecule has 1 fully saturated rings. The van der Waals surface area contributed by atoms with Gasteiger partial charge in [0.15, 0.2) is 5.69 Å². The molecule has 1 unspecified atom stereocenters. The first kappa shape index (κ1) is 22.4. The minimum Gasteiger partial charge on any atom is -0.344 e. The number of aryl methyl sites for hydroxylation is 1. The average molecular weight is 484 g/mol. The molecular weight excluding hydrogens is 466 g/mol. The third kappa shape index (κ3) is 4.26. The zero-order valence-electron chi connectivity index (χ0n) is 17.5. The van der Waals surface area contributed by atoms with Crippen LogP contribution in [-0.4, -0.2) is 30.5 Å². The van der Waals surface area contributed by atoms with Gasteiger partial charge in [-0.2, -0.15) is 36.5 Å². The lowest BCUT2D eigenvalue weighted by Crippen LogP contribution is -2.32. The van der Waals surface area contributed by atoms with Crippen LogP contribution in [0, 0.1) is 0 Å². The number of pyridine rings is 1. The Morgan fingerprint density at radius 2 is 1.74 bits per heavy atom. The Balaban J connectivity index is 1.42. The van der Waals surface area contributed by atoms with Crippen molar-refractivity contribution in [2.24, 2.45) is 0 Å². The Morgan fingerprint density at radius 3 is 2.41 bits per heavy atom. The van der Waals surface area contributed by atoms with E-state index in [0.717, 1.165) is 23.0 Å². The maximum atomic E-state index is 13.2. The van der Waals surface area contributed by atoms with E-state index >= 15 is 0 Å². The van der Waals surface area contributed by atoms with Crippen molar-refractivity contribution in [1.82, 2.24) is 29.9 Å². The number of fused-ring (bicyclic) bond motifs is 1. The van der Waals surface area contributed by atoms with Crippen molar-refractivity contribution in [1.29, 1.82) is 0 Å². The van der Waals surface area contributed by atoms with Crippen molar-refractivity contribution < 1.29 is 31.1 Å². The molecule has 0 aliphatic heterocycles. The molecule has 1 atom stereocenters. The monoisotopic (exact) mass is 484 g/mol. The summed E-state index contributed by atoms with van der Waals surface area (Å²) in [6.07, 6.45) is -3.70. The molecule has 0 bridgehead atoms. The maximum absolute atomic E-state index is 13.2. The van der Waals surface area contributed by atoms with Gasteiger partial charge in [0.25, 0.3) is 5.91 Å². The van der Waals surface area contributed by atoms with Gasteiger partial charge in [-0.05, 0) is 44.2 Å². The normalized spacial score (nSPS) is 18.6. The zero-order chi connectivity index (χ0) is 24.3. The molecule has 3 heterocycles. The van der Waals surface area contributed by atoms with E-state index < -0.39 is 35.7 Å². The van der Waals surface area contributed by atoms with Gasteiger partial charge >= 0.3 is 12.4 Å². The highest BCUT2D eigenvalue weighted by atomic mass is 19.4. The molecular formula is C21H18F6N6O. The minimum atomic E-state index is -4.67. The van der Waals surface area contributed by atoms with Crippen molar-refractivity contribution in [2.75, 3.05) is 0 Å². The number of carbonyl (C=O) groups excluding carboxylic acids is 1. The third-order valence-corrected chi connectivity index (χ3v) is 5.86. The van der Waals surface area contributed by atoms with Gasteiger partial charge in [0.2, 0.25) is 0 Å². The third-order valence-electron chi connectivity index (χ3n) is 5.86. The number of carbonyl (C=O) groups is 1. The lowest BCUT2D eigenvalue weighted by atomic mass is 9.93. The van der Waals surface area contributed by atoms with Gasteiger partial charge < -0.3 is 5.32 Å². The van der Waals surface area contributed by atoms with Crippen LogP contribution in [0.1, 0.15) is 70.9 Å². The number of hydrogen-bond donors (Lipinski definition) is 1. The molecule has 0 saturated heterocycles. The Kier molecular flexibility index (Phi) is 5.17. The number of rotatable bonds is 4. The molecule has 0 radical (unpaired) electrons. The van der Waals surface area contributed by atoms with E-state index in [-0.39, 0.29) is 17.4 Å². The molecule has 3 aromatic heterocycles. The van der Waals surface area contributed by atoms with Crippen LogP contribution < -0.4 is 5.32 Å². The summed E-state index contributed by atoms with van der Waals surface area (Å²) in [5, 5.41) is 10.7. The van der Waals surface area contributed by atoms with Crippen LogP contribution in [0.25, 0.3) is 5.69 Å². The molecule has 1 saturated carbocycles. The van der Waals surface area contributed by atoms with E-state index in [1.807, 2.05) is 0 Å². The number of aromatic nitrogens is 5. The molecule has 1 amide bonds. The second-order valence-electron chi connectivity index (χ2n) is 8.38. The van der Waals surface area contributed by atoms with Gasteiger partial charge in [-0.1, -0.05) is 0 Å². The van der Waals surface area contributed by atoms with Gasteiger partial charge in [0.1, 0.15) is 11.4 Å². The van der Waals surface area contributed by atoms with Gasteiger partial charge in [-0.3, -0.25) is 14.5 Å².